The number of nitrogens with zero attached hydrogens (tertiary/aromatic N) is 1. The van der Waals surface area contributed by atoms with E-state index < -0.39 is 0 Å². The number of amides is 1. The van der Waals surface area contributed by atoms with Gasteiger partial charge in [0.05, 0.1) is 27.5 Å². The first-order chi connectivity index (χ1) is 11.1. The third kappa shape index (κ3) is 4.01. The molecule has 23 heavy (non-hydrogen) atoms. The van der Waals surface area contributed by atoms with Gasteiger partial charge in [-0.1, -0.05) is 0 Å². The maximum atomic E-state index is 12.2. The summed E-state index contributed by atoms with van der Waals surface area (Å²) in [5.41, 5.74) is 2.84. The van der Waals surface area contributed by atoms with Gasteiger partial charge in [0.1, 0.15) is 0 Å². The van der Waals surface area contributed by atoms with Crippen molar-refractivity contribution >= 4 is 23.5 Å². The minimum absolute atomic E-state index is 0.360. The number of nitrogens with one attached hydrogen (secondary N) is 1. The summed E-state index contributed by atoms with van der Waals surface area (Å²) in [6.07, 6.45) is 1.60. The number of hydrogen-bond acceptors (Lipinski definition) is 6. The van der Waals surface area contributed by atoms with Gasteiger partial charge in [-0.3, -0.25) is 4.79 Å². The van der Waals surface area contributed by atoms with Crippen LogP contribution < -0.4 is 19.6 Å². The van der Waals surface area contributed by atoms with Crippen LogP contribution in [0, 0.1) is 6.92 Å². The summed E-state index contributed by atoms with van der Waals surface area (Å²) in [6.45, 7) is 2.01. The molecule has 1 amide bonds. The lowest BCUT2D eigenvalue weighted by atomic mass is 10.1. The summed E-state index contributed by atoms with van der Waals surface area (Å²) in [6, 6.07) is 7.07. The molecule has 1 heterocycles. The Hall–Kier alpha value is -2.54. The molecule has 2 aromatic rings. The third-order valence-corrected chi connectivity index (χ3v) is 3.98. The molecule has 0 aliphatic heterocycles. The Bertz CT molecular complexity index is 700. The van der Waals surface area contributed by atoms with Crippen LogP contribution in [0.3, 0.4) is 0 Å². The van der Waals surface area contributed by atoms with Crippen LogP contribution in [0.25, 0.3) is 0 Å². The fourth-order valence-corrected chi connectivity index (χ4v) is 2.70. The quantitative estimate of drug-likeness (QED) is 0.651. The van der Waals surface area contributed by atoms with Gasteiger partial charge in [-0.25, -0.2) is 5.43 Å². The molecule has 7 heteroatoms. The molecule has 122 valence electrons. The molecule has 0 atom stereocenters. The van der Waals surface area contributed by atoms with Gasteiger partial charge in [-0.05, 0) is 31.2 Å². The van der Waals surface area contributed by atoms with Crippen molar-refractivity contribution in [3.63, 3.8) is 0 Å². The van der Waals surface area contributed by atoms with Crippen molar-refractivity contribution in [2.45, 2.75) is 6.92 Å². The van der Waals surface area contributed by atoms with E-state index >= 15 is 0 Å². The highest BCUT2D eigenvalue weighted by atomic mass is 32.1. The number of hydrazone groups is 1. The predicted molar refractivity (Wildman–Crippen MR) is 90.2 cm³/mol. The van der Waals surface area contributed by atoms with Crippen molar-refractivity contribution in [1.82, 2.24) is 5.43 Å². The lowest BCUT2D eigenvalue weighted by Crippen LogP contribution is -2.17. The molecule has 0 aliphatic carbocycles. The lowest BCUT2D eigenvalue weighted by molar-refractivity contribution is 0.0954. The number of aryl methyl sites for hydroxylation is 1. The second kappa shape index (κ2) is 7.64. The summed E-state index contributed by atoms with van der Waals surface area (Å²) in [5.74, 6) is 0.891. The van der Waals surface area contributed by atoms with Crippen LogP contribution in [0.15, 0.2) is 29.4 Å². The number of ether oxygens (including phenoxy) is 3. The second-order valence-corrected chi connectivity index (χ2v) is 5.88. The molecular weight excluding hydrogens is 316 g/mol. The van der Waals surface area contributed by atoms with E-state index in [1.54, 1.807) is 29.7 Å². The highest BCUT2D eigenvalue weighted by molar-refractivity contribution is 7.13. The Morgan fingerprint density at radius 2 is 1.78 bits per heavy atom. The van der Waals surface area contributed by atoms with Gasteiger partial charge >= 0.3 is 0 Å². The van der Waals surface area contributed by atoms with Crippen LogP contribution in [0.4, 0.5) is 0 Å². The Morgan fingerprint density at radius 3 is 2.26 bits per heavy atom. The van der Waals surface area contributed by atoms with E-state index in [0.717, 1.165) is 4.88 Å². The Morgan fingerprint density at radius 1 is 1.13 bits per heavy atom. The zero-order valence-electron chi connectivity index (χ0n) is 13.4. The van der Waals surface area contributed by atoms with Crippen molar-refractivity contribution in [3.05, 3.63) is 39.6 Å². The topological polar surface area (TPSA) is 69.2 Å². The summed E-state index contributed by atoms with van der Waals surface area (Å²) in [4.78, 5) is 14.4. The van der Waals surface area contributed by atoms with Crippen LogP contribution in [-0.4, -0.2) is 33.5 Å². The Kier molecular flexibility index (Phi) is 5.59. The van der Waals surface area contributed by atoms with Crippen molar-refractivity contribution < 1.29 is 19.0 Å². The molecule has 0 unspecified atom stereocenters. The minimum Gasteiger partial charge on any atom is -0.493 e. The van der Waals surface area contributed by atoms with E-state index in [-0.39, 0.29) is 5.91 Å². The number of hydrogen-bond donors (Lipinski definition) is 1. The average molecular weight is 334 g/mol. The SMILES string of the molecule is COc1cc(C(=O)NN=Cc2ccc(C)s2)cc(OC)c1OC. The third-order valence-electron chi connectivity index (χ3n) is 3.05. The summed E-state index contributed by atoms with van der Waals surface area (Å²) in [5, 5.41) is 3.96. The molecule has 0 fully saturated rings. The first-order valence-corrected chi connectivity index (χ1v) is 7.60. The average Bonchev–Trinajstić information content (AvgIpc) is 2.98. The Labute approximate surface area is 138 Å². The fourth-order valence-electron chi connectivity index (χ4n) is 1.95. The fraction of sp³-hybridized carbons (Fsp3) is 0.250. The van der Waals surface area contributed by atoms with E-state index in [1.165, 1.54) is 26.2 Å². The lowest BCUT2D eigenvalue weighted by Gasteiger charge is -2.13. The smallest absolute Gasteiger partial charge is 0.271 e. The van der Waals surface area contributed by atoms with Gasteiger partial charge in [0, 0.05) is 15.3 Å². The van der Waals surface area contributed by atoms with E-state index in [4.69, 9.17) is 14.2 Å². The molecule has 2 rings (SSSR count). The van der Waals surface area contributed by atoms with Crippen LogP contribution in [0.1, 0.15) is 20.1 Å². The molecule has 1 aromatic heterocycles. The summed E-state index contributed by atoms with van der Waals surface area (Å²) < 4.78 is 15.7. The number of methoxy groups -OCH3 is 3. The zero-order chi connectivity index (χ0) is 16.8. The van der Waals surface area contributed by atoms with Crippen LogP contribution in [0.5, 0.6) is 17.2 Å². The summed E-state index contributed by atoms with van der Waals surface area (Å²) in [7, 11) is 4.50. The van der Waals surface area contributed by atoms with Gasteiger partial charge in [-0.2, -0.15) is 5.10 Å². The number of rotatable bonds is 6. The van der Waals surface area contributed by atoms with E-state index in [0.29, 0.717) is 22.8 Å². The number of carbonyl (C=O) groups is 1. The predicted octanol–water partition coefficient (Wildman–Crippen LogP) is 2.85. The minimum atomic E-state index is -0.367. The number of carbonyl (C=O) groups excluding carboxylic acids is 1. The van der Waals surface area contributed by atoms with Gasteiger partial charge in [-0.15, -0.1) is 11.3 Å². The largest absolute Gasteiger partial charge is 0.493 e. The maximum absolute atomic E-state index is 12.2. The summed E-state index contributed by atoms with van der Waals surface area (Å²) >= 11 is 1.60. The Balaban J connectivity index is 2.17. The second-order valence-electron chi connectivity index (χ2n) is 4.56. The highest BCUT2D eigenvalue weighted by Crippen LogP contribution is 2.38. The zero-order valence-corrected chi connectivity index (χ0v) is 14.2. The standard InChI is InChI=1S/C16H18N2O4S/c1-10-5-6-12(23-10)9-17-18-16(19)11-7-13(20-2)15(22-4)14(8-11)21-3/h5-9H,1-4H3,(H,18,19). The van der Waals surface area contributed by atoms with Crippen LogP contribution >= 0.6 is 11.3 Å². The highest BCUT2D eigenvalue weighted by Gasteiger charge is 2.16. The maximum Gasteiger partial charge on any atom is 0.271 e. The van der Waals surface area contributed by atoms with Crippen LogP contribution in [0.2, 0.25) is 0 Å². The van der Waals surface area contributed by atoms with E-state index in [2.05, 4.69) is 10.5 Å². The first kappa shape index (κ1) is 16.8. The van der Waals surface area contributed by atoms with E-state index in [9.17, 15) is 4.79 Å². The monoisotopic (exact) mass is 334 g/mol. The van der Waals surface area contributed by atoms with Gasteiger partial charge < -0.3 is 14.2 Å². The van der Waals surface area contributed by atoms with Crippen molar-refractivity contribution in [1.29, 1.82) is 0 Å². The molecule has 0 radical (unpaired) electrons. The molecule has 0 spiro atoms. The first-order valence-electron chi connectivity index (χ1n) is 6.79. The number of benzene rings is 1. The van der Waals surface area contributed by atoms with Crippen molar-refractivity contribution in [2.75, 3.05) is 21.3 Å². The van der Waals surface area contributed by atoms with Gasteiger partial charge in [0.15, 0.2) is 11.5 Å². The molecule has 1 N–H and O–H groups in total. The molecule has 0 saturated carbocycles. The number of thiophene rings is 1. The molecule has 0 bridgehead atoms. The normalized spacial score (nSPS) is 10.6. The molecule has 1 aromatic carbocycles. The van der Waals surface area contributed by atoms with E-state index in [1.807, 2.05) is 19.1 Å². The molecular formula is C16H18N2O4S. The molecule has 0 saturated heterocycles. The van der Waals surface area contributed by atoms with Crippen LogP contribution in [-0.2, 0) is 0 Å². The molecule has 0 aliphatic rings. The van der Waals surface area contributed by atoms with Gasteiger partial charge in [0.2, 0.25) is 5.75 Å². The van der Waals surface area contributed by atoms with Crippen molar-refractivity contribution in [2.24, 2.45) is 5.10 Å². The molecule has 6 nitrogen and oxygen atoms in total. The van der Waals surface area contributed by atoms with Crippen molar-refractivity contribution in [3.8, 4) is 17.2 Å². The van der Waals surface area contributed by atoms with Gasteiger partial charge in [0.25, 0.3) is 5.91 Å².